The minimum absolute atomic E-state index is 0.187. The van der Waals surface area contributed by atoms with E-state index in [0.29, 0.717) is 5.37 Å². The zero-order valence-corrected chi connectivity index (χ0v) is 10.5. The van der Waals surface area contributed by atoms with Crippen molar-refractivity contribution in [3.63, 3.8) is 0 Å². The van der Waals surface area contributed by atoms with Gasteiger partial charge in [-0.05, 0) is 0 Å². The fraction of sp³-hybridized carbons (Fsp3) is 0.700. The van der Waals surface area contributed by atoms with Gasteiger partial charge in [-0.3, -0.25) is 5.32 Å². The van der Waals surface area contributed by atoms with Crippen molar-refractivity contribution in [3.05, 3.63) is 16.1 Å². The van der Waals surface area contributed by atoms with Gasteiger partial charge in [-0.25, -0.2) is 4.98 Å². The Morgan fingerprint density at radius 3 is 2.79 bits per heavy atom. The lowest BCUT2D eigenvalue weighted by Crippen LogP contribution is -2.14. The second-order valence-corrected chi connectivity index (χ2v) is 6.60. The number of thiazole rings is 1. The monoisotopic (exact) mass is 228 g/mol. The van der Waals surface area contributed by atoms with Gasteiger partial charge in [-0.1, -0.05) is 20.8 Å². The van der Waals surface area contributed by atoms with Gasteiger partial charge in [-0.15, -0.1) is 23.1 Å². The van der Waals surface area contributed by atoms with Gasteiger partial charge in [0.2, 0.25) is 0 Å². The van der Waals surface area contributed by atoms with Crippen LogP contribution in [0.1, 0.15) is 36.8 Å². The summed E-state index contributed by atoms with van der Waals surface area (Å²) in [5.41, 5.74) is 1.40. The van der Waals surface area contributed by atoms with Crippen LogP contribution in [-0.4, -0.2) is 17.3 Å². The van der Waals surface area contributed by atoms with Crippen LogP contribution in [0.4, 0.5) is 0 Å². The van der Waals surface area contributed by atoms with E-state index in [-0.39, 0.29) is 5.41 Å². The number of nitrogens with one attached hydrogen (secondary N) is 1. The molecule has 0 aliphatic carbocycles. The summed E-state index contributed by atoms with van der Waals surface area (Å²) in [5.74, 6) is 1.20. The molecule has 2 nitrogen and oxygen atoms in total. The molecule has 1 saturated heterocycles. The summed E-state index contributed by atoms with van der Waals surface area (Å²) in [7, 11) is 0. The molecule has 1 fully saturated rings. The summed E-state index contributed by atoms with van der Waals surface area (Å²) in [4.78, 5) is 4.70. The fourth-order valence-corrected chi connectivity index (χ4v) is 3.38. The lowest BCUT2D eigenvalue weighted by molar-refractivity contribution is 0.580. The first-order chi connectivity index (χ1) is 6.57. The van der Waals surface area contributed by atoms with Gasteiger partial charge in [0.05, 0.1) is 16.1 Å². The van der Waals surface area contributed by atoms with Crippen molar-refractivity contribution in [1.29, 1.82) is 0 Å². The molecule has 0 radical (unpaired) electrons. The lowest BCUT2D eigenvalue weighted by atomic mass is 9.98. The van der Waals surface area contributed by atoms with E-state index in [1.165, 1.54) is 16.5 Å². The molecular formula is C10H16N2S2. The van der Waals surface area contributed by atoms with E-state index in [9.17, 15) is 0 Å². The summed E-state index contributed by atoms with van der Waals surface area (Å²) in [6.07, 6.45) is 0. The number of hydrogen-bond acceptors (Lipinski definition) is 4. The molecule has 1 aromatic heterocycles. The Labute approximate surface area is 93.5 Å². The molecule has 1 aliphatic heterocycles. The van der Waals surface area contributed by atoms with Crippen LogP contribution in [0.5, 0.6) is 0 Å². The summed E-state index contributed by atoms with van der Waals surface area (Å²) >= 11 is 3.73. The van der Waals surface area contributed by atoms with Crippen LogP contribution in [0, 0.1) is 0 Å². The molecule has 0 bridgehead atoms. The Kier molecular flexibility index (Phi) is 2.86. The van der Waals surface area contributed by atoms with E-state index in [1.807, 2.05) is 11.8 Å². The van der Waals surface area contributed by atoms with Crippen LogP contribution in [-0.2, 0) is 5.41 Å². The molecule has 0 spiro atoms. The Hall–Kier alpha value is -0.0600. The van der Waals surface area contributed by atoms with E-state index < -0.39 is 0 Å². The van der Waals surface area contributed by atoms with E-state index in [1.54, 1.807) is 11.3 Å². The molecular weight excluding hydrogens is 212 g/mol. The fourth-order valence-electron chi connectivity index (χ4n) is 1.37. The highest BCUT2D eigenvalue weighted by atomic mass is 32.2. The van der Waals surface area contributed by atoms with Crippen molar-refractivity contribution < 1.29 is 0 Å². The molecule has 1 atom stereocenters. The van der Waals surface area contributed by atoms with E-state index in [4.69, 9.17) is 4.98 Å². The number of thioether (sulfide) groups is 1. The molecule has 14 heavy (non-hydrogen) atoms. The van der Waals surface area contributed by atoms with Gasteiger partial charge in [0.25, 0.3) is 0 Å². The third kappa shape index (κ3) is 2.12. The molecule has 1 unspecified atom stereocenters. The highest BCUT2D eigenvalue weighted by molar-refractivity contribution is 7.99. The maximum absolute atomic E-state index is 4.70. The molecule has 2 rings (SSSR count). The third-order valence-electron chi connectivity index (χ3n) is 2.15. The molecule has 1 aromatic rings. The number of hydrogen-bond donors (Lipinski definition) is 1. The van der Waals surface area contributed by atoms with Crippen molar-refractivity contribution in [2.75, 3.05) is 12.3 Å². The van der Waals surface area contributed by atoms with Crippen LogP contribution >= 0.6 is 23.1 Å². The maximum atomic E-state index is 4.70. The zero-order valence-electron chi connectivity index (χ0n) is 8.83. The highest BCUT2D eigenvalue weighted by Crippen LogP contribution is 2.33. The van der Waals surface area contributed by atoms with Gasteiger partial charge in [-0.2, -0.15) is 0 Å². The van der Waals surface area contributed by atoms with Crippen LogP contribution < -0.4 is 5.32 Å². The van der Waals surface area contributed by atoms with Crippen LogP contribution in [0.25, 0.3) is 0 Å². The second kappa shape index (κ2) is 3.83. The van der Waals surface area contributed by atoms with Gasteiger partial charge in [0, 0.05) is 23.1 Å². The topological polar surface area (TPSA) is 24.9 Å². The smallest absolute Gasteiger partial charge is 0.0982 e. The number of rotatable bonds is 1. The summed E-state index contributed by atoms with van der Waals surface area (Å²) in [5, 5.41) is 7.31. The predicted octanol–water partition coefficient (Wildman–Crippen LogP) is 2.78. The van der Waals surface area contributed by atoms with Crippen LogP contribution in [0.2, 0.25) is 0 Å². The Morgan fingerprint density at radius 1 is 1.50 bits per heavy atom. The molecule has 4 heteroatoms. The first-order valence-corrected chi connectivity index (χ1v) is 6.81. The van der Waals surface area contributed by atoms with E-state index >= 15 is 0 Å². The van der Waals surface area contributed by atoms with Gasteiger partial charge < -0.3 is 0 Å². The molecule has 0 amide bonds. The van der Waals surface area contributed by atoms with E-state index in [2.05, 4.69) is 31.5 Å². The van der Waals surface area contributed by atoms with E-state index in [0.717, 1.165) is 6.54 Å². The van der Waals surface area contributed by atoms with Gasteiger partial charge in [0.15, 0.2) is 0 Å². The first-order valence-electron chi connectivity index (χ1n) is 4.88. The second-order valence-electron chi connectivity index (χ2n) is 4.53. The highest BCUT2D eigenvalue weighted by Gasteiger charge is 2.23. The molecule has 1 aliphatic rings. The average Bonchev–Trinajstić information content (AvgIpc) is 2.73. The minimum atomic E-state index is 0.187. The quantitative estimate of drug-likeness (QED) is 0.800. The number of aromatic nitrogens is 1. The molecule has 1 N–H and O–H groups in total. The van der Waals surface area contributed by atoms with Crippen molar-refractivity contribution in [1.82, 2.24) is 10.3 Å². The third-order valence-corrected chi connectivity index (χ3v) is 4.62. The van der Waals surface area contributed by atoms with Crippen molar-refractivity contribution in [2.24, 2.45) is 0 Å². The van der Waals surface area contributed by atoms with Gasteiger partial charge >= 0.3 is 0 Å². The molecule has 78 valence electrons. The maximum Gasteiger partial charge on any atom is 0.0982 e. The number of nitrogens with zero attached hydrogens (tertiary/aromatic N) is 1. The van der Waals surface area contributed by atoms with Crippen molar-refractivity contribution in [3.8, 4) is 0 Å². The predicted molar refractivity (Wildman–Crippen MR) is 64.0 cm³/mol. The van der Waals surface area contributed by atoms with Crippen molar-refractivity contribution in [2.45, 2.75) is 31.6 Å². The molecule has 2 heterocycles. The molecule has 0 aromatic carbocycles. The summed E-state index contributed by atoms with van der Waals surface area (Å²) < 4.78 is 0. The lowest BCUT2D eigenvalue weighted by Gasteiger charge is -2.14. The Balaban J connectivity index is 2.17. The molecule has 0 saturated carbocycles. The minimum Gasteiger partial charge on any atom is -0.300 e. The van der Waals surface area contributed by atoms with Crippen molar-refractivity contribution >= 4 is 23.1 Å². The largest absolute Gasteiger partial charge is 0.300 e. The normalized spacial score (nSPS) is 22.9. The zero-order chi connectivity index (χ0) is 10.2. The van der Waals surface area contributed by atoms with Crippen LogP contribution in [0.15, 0.2) is 5.38 Å². The Morgan fingerprint density at radius 2 is 2.29 bits per heavy atom. The summed E-state index contributed by atoms with van der Waals surface area (Å²) in [6, 6.07) is 0. The van der Waals surface area contributed by atoms with Crippen LogP contribution in [0.3, 0.4) is 0 Å². The SMILES string of the molecule is CC(C)(C)c1nc(C2NCCS2)cs1. The summed E-state index contributed by atoms with van der Waals surface area (Å²) in [6.45, 7) is 7.75. The first kappa shape index (κ1) is 10.5. The average molecular weight is 228 g/mol. The standard InChI is InChI=1S/C10H16N2S2/c1-10(2,3)9-12-7(6-14-9)8-11-4-5-13-8/h6,8,11H,4-5H2,1-3H3. The van der Waals surface area contributed by atoms with Gasteiger partial charge in [0.1, 0.15) is 0 Å². The Bertz CT molecular complexity index is 308.